The number of hydrogen-bond donors (Lipinski definition) is 2. The van der Waals surface area contributed by atoms with E-state index in [0.717, 1.165) is 29.4 Å². The predicted molar refractivity (Wildman–Crippen MR) is 76.9 cm³/mol. The highest BCUT2D eigenvalue weighted by atomic mass is 32.2. The van der Waals surface area contributed by atoms with Crippen molar-refractivity contribution in [2.24, 2.45) is 0 Å². The summed E-state index contributed by atoms with van der Waals surface area (Å²) in [7, 11) is 4.12. The molecular formula is C11H18N4S2. The quantitative estimate of drug-likeness (QED) is 0.613. The Morgan fingerprint density at radius 2 is 2.24 bits per heavy atom. The van der Waals surface area contributed by atoms with E-state index >= 15 is 0 Å². The van der Waals surface area contributed by atoms with E-state index in [-0.39, 0.29) is 0 Å². The average Bonchev–Trinajstić information content (AvgIpc) is 2.60. The Balaban J connectivity index is 2.62. The SMILES string of the molecule is CSc1c(NCCCN(C)C)sc(C#N)c1N. The van der Waals surface area contributed by atoms with E-state index in [1.807, 2.05) is 6.26 Å². The molecule has 0 amide bonds. The van der Waals surface area contributed by atoms with Crippen molar-refractivity contribution in [1.29, 1.82) is 5.26 Å². The van der Waals surface area contributed by atoms with E-state index in [1.165, 1.54) is 11.3 Å². The molecule has 17 heavy (non-hydrogen) atoms. The highest BCUT2D eigenvalue weighted by molar-refractivity contribution is 7.99. The molecule has 0 saturated carbocycles. The van der Waals surface area contributed by atoms with Gasteiger partial charge in [0.2, 0.25) is 0 Å². The first-order chi connectivity index (χ1) is 8.10. The first kappa shape index (κ1) is 14.2. The molecule has 0 aliphatic heterocycles. The van der Waals surface area contributed by atoms with Crippen LogP contribution in [0.4, 0.5) is 10.7 Å². The van der Waals surface area contributed by atoms with Gasteiger partial charge in [0, 0.05) is 6.54 Å². The number of nitrogens with one attached hydrogen (secondary N) is 1. The Morgan fingerprint density at radius 3 is 2.76 bits per heavy atom. The van der Waals surface area contributed by atoms with Gasteiger partial charge >= 0.3 is 0 Å². The number of hydrogen-bond acceptors (Lipinski definition) is 6. The largest absolute Gasteiger partial charge is 0.396 e. The number of thioether (sulfide) groups is 1. The van der Waals surface area contributed by atoms with Gasteiger partial charge < -0.3 is 16.0 Å². The van der Waals surface area contributed by atoms with Gasteiger partial charge in [0.25, 0.3) is 0 Å². The van der Waals surface area contributed by atoms with Crippen molar-refractivity contribution >= 4 is 33.8 Å². The summed E-state index contributed by atoms with van der Waals surface area (Å²) in [5, 5.41) is 13.3. The Morgan fingerprint density at radius 1 is 1.53 bits per heavy atom. The molecule has 1 aromatic heterocycles. The van der Waals surface area contributed by atoms with Crippen molar-refractivity contribution in [2.75, 3.05) is 44.5 Å². The van der Waals surface area contributed by atoms with Crippen LogP contribution in [0.15, 0.2) is 4.90 Å². The van der Waals surface area contributed by atoms with Gasteiger partial charge in [0.05, 0.1) is 10.6 Å². The zero-order valence-electron chi connectivity index (χ0n) is 10.4. The maximum Gasteiger partial charge on any atom is 0.131 e. The van der Waals surface area contributed by atoms with Crippen molar-refractivity contribution in [3.05, 3.63) is 4.88 Å². The normalized spacial score (nSPS) is 10.5. The van der Waals surface area contributed by atoms with Crippen LogP contribution in [0.5, 0.6) is 0 Å². The Labute approximate surface area is 111 Å². The fourth-order valence-electron chi connectivity index (χ4n) is 1.43. The lowest BCUT2D eigenvalue weighted by Gasteiger charge is -2.10. The van der Waals surface area contributed by atoms with Gasteiger partial charge in [-0.1, -0.05) is 0 Å². The molecule has 0 atom stereocenters. The van der Waals surface area contributed by atoms with Crippen LogP contribution in [0, 0.1) is 11.3 Å². The average molecular weight is 270 g/mol. The number of nitrogens with zero attached hydrogens (tertiary/aromatic N) is 2. The van der Waals surface area contributed by atoms with Crippen LogP contribution in [-0.2, 0) is 0 Å². The summed E-state index contributed by atoms with van der Waals surface area (Å²) in [5.41, 5.74) is 6.51. The second-order valence-electron chi connectivity index (χ2n) is 3.90. The monoisotopic (exact) mass is 270 g/mol. The molecule has 0 saturated heterocycles. The second-order valence-corrected chi connectivity index (χ2v) is 5.74. The highest BCUT2D eigenvalue weighted by Crippen LogP contribution is 2.41. The number of anilines is 2. The van der Waals surface area contributed by atoms with Gasteiger partial charge in [0.1, 0.15) is 15.9 Å². The lowest BCUT2D eigenvalue weighted by atomic mass is 10.4. The number of nitrogen functional groups attached to an aromatic ring is 1. The highest BCUT2D eigenvalue weighted by Gasteiger charge is 2.14. The second kappa shape index (κ2) is 6.74. The summed E-state index contributed by atoms with van der Waals surface area (Å²) in [6.45, 7) is 1.95. The smallest absolute Gasteiger partial charge is 0.131 e. The third-order valence-corrected chi connectivity index (χ3v) is 4.30. The van der Waals surface area contributed by atoms with Crippen LogP contribution in [0.25, 0.3) is 0 Å². The van der Waals surface area contributed by atoms with Crippen LogP contribution in [-0.4, -0.2) is 38.3 Å². The summed E-state index contributed by atoms with van der Waals surface area (Å²) in [5.74, 6) is 0. The molecule has 3 N–H and O–H groups in total. The number of rotatable bonds is 6. The van der Waals surface area contributed by atoms with Crippen LogP contribution >= 0.6 is 23.1 Å². The minimum absolute atomic E-state index is 0.601. The van der Waals surface area contributed by atoms with Crippen molar-refractivity contribution in [3.63, 3.8) is 0 Å². The molecule has 0 fully saturated rings. The van der Waals surface area contributed by atoms with Gasteiger partial charge in [0.15, 0.2) is 0 Å². The predicted octanol–water partition coefficient (Wildman–Crippen LogP) is 2.29. The third kappa shape index (κ3) is 3.80. The number of nitrogens with two attached hydrogens (primary N) is 1. The van der Waals surface area contributed by atoms with Gasteiger partial charge in [-0.25, -0.2) is 0 Å². The Bertz CT molecular complexity index is 406. The van der Waals surface area contributed by atoms with Gasteiger partial charge in [-0.05, 0) is 33.3 Å². The lowest BCUT2D eigenvalue weighted by molar-refractivity contribution is 0.405. The van der Waals surface area contributed by atoms with E-state index in [4.69, 9.17) is 11.0 Å². The first-order valence-electron chi connectivity index (χ1n) is 5.35. The van der Waals surface area contributed by atoms with Gasteiger partial charge in [-0.15, -0.1) is 23.1 Å². The number of nitriles is 1. The van der Waals surface area contributed by atoms with E-state index in [2.05, 4.69) is 30.4 Å². The summed E-state index contributed by atoms with van der Waals surface area (Å²) < 4.78 is 0. The molecule has 0 aliphatic carbocycles. The van der Waals surface area contributed by atoms with E-state index in [0.29, 0.717) is 10.6 Å². The van der Waals surface area contributed by atoms with Gasteiger partial charge in [-0.3, -0.25) is 0 Å². The van der Waals surface area contributed by atoms with Crippen LogP contribution < -0.4 is 11.1 Å². The maximum absolute atomic E-state index is 8.93. The fraction of sp³-hybridized carbons (Fsp3) is 0.545. The third-order valence-electron chi connectivity index (χ3n) is 2.27. The lowest BCUT2D eigenvalue weighted by Crippen LogP contribution is -2.16. The van der Waals surface area contributed by atoms with Crippen LogP contribution in [0.3, 0.4) is 0 Å². The summed E-state index contributed by atoms with van der Waals surface area (Å²) in [6.07, 6.45) is 3.05. The standard InChI is InChI=1S/C11H18N4S2/c1-15(2)6-4-5-14-11-10(16-3)9(13)8(7-12)17-11/h14H,4-6,13H2,1-3H3. The molecule has 1 heterocycles. The minimum Gasteiger partial charge on any atom is -0.396 e. The van der Waals surface area contributed by atoms with E-state index in [1.54, 1.807) is 11.8 Å². The summed E-state index contributed by atoms with van der Waals surface area (Å²) >= 11 is 3.02. The Hall–Kier alpha value is -0.900. The number of thiophene rings is 1. The maximum atomic E-state index is 8.93. The van der Waals surface area contributed by atoms with E-state index < -0.39 is 0 Å². The molecule has 6 heteroatoms. The molecule has 94 valence electrons. The van der Waals surface area contributed by atoms with Crippen molar-refractivity contribution in [3.8, 4) is 6.07 Å². The zero-order valence-corrected chi connectivity index (χ0v) is 12.0. The molecule has 0 unspecified atom stereocenters. The molecular weight excluding hydrogens is 252 g/mol. The molecule has 0 aromatic carbocycles. The van der Waals surface area contributed by atoms with Crippen molar-refractivity contribution in [2.45, 2.75) is 11.3 Å². The molecule has 1 aromatic rings. The molecule has 0 spiro atoms. The molecule has 0 radical (unpaired) electrons. The Kier molecular flexibility index (Phi) is 5.62. The molecule has 0 aliphatic rings. The molecule has 0 bridgehead atoms. The topological polar surface area (TPSA) is 65.1 Å². The summed E-state index contributed by atoms with van der Waals surface area (Å²) in [4.78, 5) is 3.75. The molecule has 1 rings (SSSR count). The van der Waals surface area contributed by atoms with Crippen LogP contribution in [0.2, 0.25) is 0 Å². The molecule has 4 nitrogen and oxygen atoms in total. The zero-order chi connectivity index (χ0) is 12.8. The van der Waals surface area contributed by atoms with E-state index in [9.17, 15) is 0 Å². The minimum atomic E-state index is 0.601. The first-order valence-corrected chi connectivity index (χ1v) is 7.39. The van der Waals surface area contributed by atoms with Crippen molar-refractivity contribution in [1.82, 2.24) is 4.90 Å². The fourth-order valence-corrected chi connectivity index (χ4v) is 3.29. The van der Waals surface area contributed by atoms with Crippen molar-refractivity contribution < 1.29 is 0 Å². The summed E-state index contributed by atoms with van der Waals surface area (Å²) in [6, 6.07) is 2.13. The van der Waals surface area contributed by atoms with Gasteiger partial charge in [-0.2, -0.15) is 5.26 Å². The van der Waals surface area contributed by atoms with Crippen LogP contribution in [0.1, 0.15) is 11.3 Å².